The van der Waals surface area contributed by atoms with Gasteiger partial charge in [0.15, 0.2) is 0 Å². The average molecular weight is 316 g/mol. The summed E-state index contributed by atoms with van der Waals surface area (Å²) in [5.74, 6) is 0. The Bertz CT molecular complexity index is 669. The van der Waals surface area contributed by atoms with E-state index in [4.69, 9.17) is 0 Å². The summed E-state index contributed by atoms with van der Waals surface area (Å²) in [5.41, 5.74) is 4.87. The first-order valence-electron chi connectivity index (χ1n) is 8.45. The molecule has 2 heteroatoms. The molecular weight excluding hydrogens is 292 g/mol. The Morgan fingerprint density at radius 3 is 1.17 bits per heavy atom. The summed E-state index contributed by atoms with van der Waals surface area (Å²) in [7, 11) is 0. The second-order valence-corrected chi connectivity index (χ2v) is 6.13. The minimum atomic E-state index is 0.277. The lowest BCUT2D eigenvalue weighted by Gasteiger charge is -2.19. The maximum absolute atomic E-state index is 3.53. The van der Waals surface area contributed by atoms with Crippen molar-refractivity contribution in [3.8, 4) is 0 Å². The molecule has 0 amide bonds. The standard InChI is InChI=1S/C22H24N2/c1-17(23-21-9-5-3-6-10-21)19-13-15-20(16-14-19)18(2)24-22-11-7-4-8-12-22/h3-18,23-24H,1-2H3. The molecule has 0 aliphatic rings. The van der Waals surface area contributed by atoms with E-state index in [1.54, 1.807) is 0 Å². The van der Waals surface area contributed by atoms with E-state index in [-0.39, 0.29) is 12.1 Å². The molecule has 3 aromatic rings. The molecule has 0 aliphatic carbocycles. The molecule has 2 N–H and O–H groups in total. The van der Waals surface area contributed by atoms with Crippen molar-refractivity contribution in [3.05, 3.63) is 96.1 Å². The van der Waals surface area contributed by atoms with Gasteiger partial charge in [-0.15, -0.1) is 0 Å². The molecule has 2 nitrogen and oxygen atoms in total. The predicted molar refractivity (Wildman–Crippen MR) is 103 cm³/mol. The largest absolute Gasteiger partial charge is 0.379 e. The van der Waals surface area contributed by atoms with Crippen molar-refractivity contribution in [2.75, 3.05) is 10.6 Å². The Balaban J connectivity index is 1.64. The van der Waals surface area contributed by atoms with Crippen molar-refractivity contribution in [2.45, 2.75) is 25.9 Å². The zero-order valence-corrected chi connectivity index (χ0v) is 14.2. The smallest absolute Gasteiger partial charge is 0.0485 e. The molecule has 122 valence electrons. The molecule has 0 heterocycles. The van der Waals surface area contributed by atoms with Crippen molar-refractivity contribution in [2.24, 2.45) is 0 Å². The number of nitrogens with one attached hydrogen (secondary N) is 2. The maximum atomic E-state index is 3.53. The van der Waals surface area contributed by atoms with Crippen LogP contribution in [0, 0.1) is 0 Å². The first-order chi connectivity index (χ1) is 11.7. The van der Waals surface area contributed by atoms with Crippen LogP contribution in [0.25, 0.3) is 0 Å². The Hall–Kier alpha value is -2.74. The van der Waals surface area contributed by atoms with E-state index in [0.29, 0.717) is 0 Å². The molecule has 0 fully saturated rings. The van der Waals surface area contributed by atoms with Gasteiger partial charge in [-0.25, -0.2) is 0 Å². The Kier molecular flexibility index (Phi) is 5.17. The average Bonchev–Trinajstić information content (AvgIpc) is 2.63. The van der Waals surface area contributed by atoms with Crippen LogP contribution < -0.4 is 10.6 Å². The second-order valence-electron chi connectivity index (χ2n) is 6.13. The fourth-order valence-electron chi connectivity index (χ4n) is 2.81. The van der Waals surface area contributed by atoms with Gasteiger partial charge in [-0.2, -0.15) is 0 Å². The zero-order chi connectivity index (χ0) is 16.8. The molecule has 0 aromatic heterocycles. The minimum Gasteiger partial charge on any atom is -0.379 e. The molecule has 0 aliphatic heterocycles. The normalized spacial score (nSPS) is 13.1. The number of benzene rings is 3. The molecule has 0 bridgehead atoms. The highest BCUT2D eigenvalue weighted by molar-refractivity contribution is 5.47. The SMILES string of the molecule is CC(Nc1ccccc1)c1ccc(C(C)Nc2ccccc2)cc1. The van der Waals surface area contributed by atoms with Gasteiger partial charge in [0, 0.05) is 23.5 Å². The number of hydrogen-bond acceptors (Lipinski definition) is 2. The fraction of sp³-hybridized carbons (Fsp3) is 0.182. The predicted octanol–water partition coefficient (Wildman–Crippen LogP) is 6.03. The van der Waals surface area contributed by atoms with Crippen LogP contribution in [0.4, 0.5) is 11.4 Å². The molecule has 3 aromatic carbocycles. The van der Waals surface area contributed by atoms with Gasteiger partial charge in [0.2, 0.25) is 0 Å². The maximum Gasteiger partial charge on any atom is 0.0485 e. The zero-order valence-electron chi connectivity index (χ0n) is 14.2. The van der Waals surface area contributed by atoms with E-state index in [1.807, 2.05) is 12.1 Å². The van der Waals surface area contributed by atoms with Crippen LogP contribution in [0.5, 0.6) is 0 Å². The third-order valence-electron chi connectivity index (χ3n) is 4.25. The quantitative estimate of drug-likeness (QED) is 0.580. The summed E-state index contributed by atoms with van der Waals surface area (Å²) in [4.78, 5) is 0. The molecule has 0 radical (unpaired) electrons. The van der Waals surface area contributed by atoms with Crippen LogP contribution >= 0.6 is 0 Å². The van der Waals surface area contributed by atoms with E-state index >= 15 is 0 Å². The van der Waals surface area contributed by atoms with E-state index in [1.165, 1.54) is 11.1 Å². The van der Waals surface area contributed by atoms with Crippen LogP contribution in [0.3, 0.4) is 0 Å². The Morgan fingerprint density at radius 1 is 0.500 bits per heavy atom. The van der Waals surface area contributed by atoms with Gasteiger partial charge < -0.3 is 10.6 Å². The summed E-state index contributed by atoms with van der Waals surface area (Å²) in [5, 5.41) is 7.06. The summed E-state index contributed by atoms with van der Waals surface area (Å²) in [6.07, 6.45) is 0. The van der Waals surface area contributed by atoms with Crippen LogP contribution in [-0.4, -0.2) is 0 Å². The number of para-hydroxylation sites is 2. The Labute approximate surface area is 144 Å². The molecule has 3 rings (SSSR count). The van der Waals surface area contributed by atoms with Crippen molar-refractivity contribution in [3.63, 3.8) is 0 Å². The lowest BCUT2D eigenvalue weighted by molar-refractivity contribution is 0.862. The summed E-state index contributed by atoms with van der Waals surface area (Å²) < 4.78 is 0. The molecular formula is C22H24N2. The van der Waals surface area contributed by atoms with Crippen LogP contribution in [0.15, 0.2) is 84.9 Å². The fourth-order valence-corrected chi connectivity index (χ4v) is 2.81. The molecule has 24 heavy (non-hydrogen) atoms. The topological polar surface area (TPSA) is 24.1 Å². The number of anilines is 2. The first kappa shape index (κ1) is 16.1. The van der Waals surface area contributed by atoms with Gasteiger partial charge in [0.25, 0.3) is 0 Å². The molecule has 2 unspecified atom stereocenters. The molecule has 2 atom stereocenters. The molecule has 0 saturated heterocycles. The molecule has 0 saturated carbocycles. The van der Waals surface area contributed by atoms with Crippen molar-refractivity contribution in [1.29, 1.82) is 0 Å². The van der Waals surface area contributed by atoms with Gasteiger partial charge in [-0.3, -0.25) is 0 Å². The van der Waals surface area contributed by atoms with Gasteiger partial charge >= 0.3 is 0 Å². The highest BCUT2D eigenvalue weighted by atomic mass is 14.9. The van der Waals surface area contributed by atoms with Crippen molar-refractivity contribution < 1.29 is 0 Å². The minimum absolute atomic E-state index is 0.277. The van der Waals surface area contributed by atoms with Crippen LogP contribution in [-0.2, 0) is 0 Å². The highest BCUT2D eigenvalue weighted by Crippen LogP contribution is 2.23. The van der Waals surface area contributed by atoms with Crippen molar-refractivity contribution in [1.82, 2.24) is 0 Å². The van der Waals surface area contributed by atoms with E-state index in [9.17, 15) is 0 Å². The monoisotopic (exact) mass is 316 g/mol. The van der Waals surface area contributed by atoms with E-state index < -0.39 is 0 Å². The lowest BCUT2D eigenvalue weighted by atomic mass is 10.0. The summed E-state index contributed by atoms with van der Waals surface area (Å²) in [6, 6.07) is 30.0. The number of rotatable bonds is 6. The summed E-state index contributed by atoms with van der Waals surface area (Å²) >= 11 is 0. The van der Waals surface area contributed by atoms with Crippen LogP contribution in [0.2, 0.25) is 0 Å². The van der Waals surface area contributed by atoms with Gasteiger partial charge in [-0.05, 0) is 49.2 Å². The highest BCUT2D eigenvalue weighted by Gasteiger charge is 2.08. The van der Waals surface area contributed by atoms with E-state index in [2.05, 4.69) is 97.3 Å². The third kappa shape index (κ3) is 4.17. The lowest BCUT2D eigenvalue weighted by Crippen LogP contribution is -2.09. The first-order valence-corrected chi connectivity index (χ1v) is 8.45. The van der Waals surface area contributed by atoms with Gasteiger partial charge in [-0.1, -0.05) is 60.7 Å². The summed E-state index contributed by atoms with van der Waals surface area (Å²) in [6.45, 7) is 4.38. The van der Waals surface area contributed by atoms with Crippen molar-refractivity contribution >= 4 is 11.4 Å². The van der Waals surface area contributed by atoms with E-state index in [0.717, 1.165) is 11.4 Å². The number of hydrogen-bond donors (Lipinski definition) is 2. The molecule has 0 spiro atoms. The third-order valence-corrected chi connectivity index (χ3v) is 4.25. The van der Waals surface area contributed by atoms with Gasteiger partial charge in [0.1, 0.15) is 0 Å². The Morgan fingerprint density at radius 2 is 0.833 bits per heavy atom. The van der Waals surface area contributed by atoms with Gasteiger partial charge in [0.05, 0.1) is 0 Å². The second kappa shape index (κ2) is 7.69. The van der Waals surface area contributed by atoms with Crippen LogP contribution in [0.1, 0.15) is 37.1 Å².